The Morgan fingerprint density at radius 3 is 2.32 bits per heavy atom. The van der Waals surface area contributed by atoms with Crippen molar-refractivity contribution in [3.05, 3.63) is 41.7 Å². The van der Waals surface area contributed by atoms with Crippen LogP contribution in [0.1, 0.15) is 23.0 Å². The van der Waals surface area contributed by atoms with Gasteiger partial charge in [0.2, 0.25) is 5.91 Å². The molecule has 0 saturated heterocycles. The van der Waals surface area contributed by atoms with Crippen LogP contribution in [0.4, 0.5) is 18.9 Å². The van der Waals surface area contributed by atoms with Crippen molar-refractivity contribution in [2.75, 3.05) is 11.9 Å². The van der Waals surface area contributed by atoms with Gasteiger partial charge in [-0.05, 0) is 31.2 Å². The molecule has 1 N–H and O–H groups in total. The number of nitrogens with one attached hydrogen (secondary N) is 1. The van der Waals surface area contributed by atoms with Crippen molar-refractivity contribution < 1.29 is 27.5 Å². The molecule has 1 amide bonds. The summed E-state index contributed by atoms with van der Waals surface area (Å²) in [5.41, 5.74) is -1.71. The molecule has 0 bridgehead atoms. The largest absolute Gasteiger partial charge is 0.462 e. The SMILES string of the molecule is CCOC(=O)c1cnn(-c2ccc(NC(=O)C(Cl)C(Cl)Cl)cc2)c1C(F)(F)F. The molecule has 6 nitrogen and oxygen atoms in total. The fourth-order valence-corrected chi connectivity index (χ4v) is 2.47. The number of aromatic nitrogens is 2. The zero-order valence-corrected chi connectivity index (χ0v) is 16.4. The zero-order chi connectivity index (χ0) is 21.1. The third kappa shape index (κ3) is 5.09. The lowest BCUT2D eigenvalue weighted by Crippen LogP contribution is -2.28. The fourth-order valence-electron chi connectivity index (χ4n) is 2.19. The van der Waals surface area contributed by atoms with Gasteiger partial charge in [0.15, 0.2) is 5.69 Å². The molecule has 0 aliphatic heterocycles. The van der Waals surface area contributed by atoms with Crippen LogP contribution < -0.4 is 5.32 Å². The van der Waals surface area contributed by atoms with E-state index in [9.17, 15) is 22.8 Å². The number of nitrogens with zero attached hydrogens (tertiary/aromatic N) is 2. The Kier molecular flexibility index (Phi) is 7.19. The van der Waals surface area contributed by atoms with Crippen molar-refractivity contribution in [3.8, 4) is 5.69 Å². The Morgan fingerprint density at radius 2 is 1.82 bits per heavy atom. The molecule has 0 fully saturated rings. The summed E-state index contributed by atoms with van der Waals surface area (Å²) in [5, 5.41) is 4.86. The van der Waals surface area contributed by atoms with E-state index in [1.807, 2.05) is 0 Å². The second-order valence-corrected chi connectivity index (χ2v) is 6.94. The quantitative estimate of drug-likeness (QED) is 0.514. The van der Waals surface area contributed by atoms with Crippen molar-refractivity contribution in [2.45, 2.75) is 23.3 Å². The lowest BCUT2D eigenvalue weighted by Gasteiger charge is -2.14. The molecule has 1 aromatic carbocycles. The Labute approximate surface area is 172 Å². The van der Waals surface area contributed by atoms with Crippen molar-refractivity contribution in [2.24, 2.45) is 0 Å². The topological polar surface area (TPSA) is 73.2 Å². The van der Waals surface area contributed by atoms with Crippen molar-refractivity contribution in [1.29, 1.82) is 0 Å². The molecule has 0 spiro atoms. The summed E-state index contributed by atoms with van der Waals surface area (Å²) >= 11 is 16.8. The molecule has 0 aliphatic rings. The van der Waals surface area contributed by atoms with Crippen LogP contribution in [0.15, 0.2) is 30.5 Å². The number of amides is 1. The number of hydrogen-bond acceptors (Lipinski definition) is 4. The average Bonchev–Trinajstić information content (AvgIpc) is 3.07. The van der Waals surface area contributed by atoms with Gasteiger partial charge in [0.05, 0.1) is 18.5 Å². The molecular formula is C16H13Cl3F3N3O3. The highest BCUT2D eigenvalue weighted by Gasteiger charge is 2.41. The van der Waals surface area contributed by atoms with Gasteiger partial charge in [-0.2, -0.15) is 18.3 Å². The van der Waals surface area contributed by atoms with Gasteiger partial charge in [-0.25, -0.2) is 9.48 Å². The minimum atomic E-state index is -4.85. The number of benzene rings is 1. The van der Waals surface area contributed by atoms with E-state index in [1.54, 1.807) is 0 Å². The van der Waals surface area contributed by atoms with E-state index < -0.39 is 39.5 Å². The summed E-state index contributed by atoms with van der Waals surface area (Å²) in [5.74, 6) is -1.81. The smallest absolute Gasteiger partial charge is 0.434 e. The molecule has 2 aromatic rings. The van der Waals surface area contributed by atoms with E-state index >= 15 is 0 Å². The number of ether oxygens (including phenoxy) is 1. The van der Waals surface area contributed by atoms with Gasteiger partial charge >= 0.3 is 12.1 Å². The van der Waals surface area contributed by atoms with Crippen LogP contribution in [0.5, 0.6) is 0 Å². The van der Waals surface area contributed by atoms with Crippen LogP contribution in [-0.2, 0) is 15.7 Å². The lowest BCUT2D eigenvalue weighted by atomic mass is 10.2. The molecular weight excluding hydrogens is 446 g/mol. The minimum absolute atomic E-state index is 0.0101. The molecule has 12 heteroatoms. The first-order valence-electron chi connectivity index (χ1n) is 7.72. The van der Waals surface area contributed by atoms with Gasteiger partial charge in [-0.1, -0.05) is 0 Å². The number of hydrogen-bond donors (Lipinski definition) is 1. The van der Waals surface area contributed by atoms with Gasteiger partial charge in [0, 0.05) is 5.69 Å². The Bertz CT molecular complexity index is 854. The van der Waals surface area contributed by atoms with Crippen LogP contribution >= 0.6 is 34.8 Å². The predicted molar refractivity (Wildman–Crippen MR) is 98.3 cm³/mol. The van der Waals surface area contributed by atoms with Gasteiger partial charge in [-0.3, -0.25) is 4.79 Å². The summed E-state index contributed by atoms with van der Waals surface area (Å²) in [7, 11) is 0. The first-order valence-corrected chi connectivity index (χ1v) is 9.03. The van der Waals surface area contributed by atoms with E-state index in [0.717, 1.165) is 6.20 Å². The van der Waals surface area contributed by atoms with E-state index in [4.69, 9.17) is 34.8 Å². The molecule has 1 unspecified atom stereocenters. The lowest BCUT2D eigenvalue weighted by molar-refractivity contribution is -0.143. The fraction of sp³-hybridized carbons (Fsp3) is 0.312. The van der Waals surface area contributed by atoms with Gasteiger partial charge in [0.1, 0.15) is 15.8 Å². The van der Waals surface area contributed by atoms with Gasteiger partial charge < -0.3 is 10.1 Å². The second-order valence-electron chi connectivity index (χ2n) is 5.31. The highest BCUT2D eigenvalue weighted by Crippen LogP contribution is 2.34. The molecule has 0 aliphatic carbocycles. The van der Waals surface area contributed by atoms with Crippen LogP contribution in [0.3, 0.4) is 0 Å². The van der Waals surface area contributed by atoms with Crippen molar-refractivity contribution >= 4 is 52.4 Å². The summed E-state index contributed by atoms with van der Waals surface area (Å²) in [6.07, 6.45) is -4.07. The number of anilines is 1. The average molecular weight is 459 g/mol. The maximum Gasteiger partial charge on any atom is 0.434 e. The maximum atomic E-state index is 13.5. The van der Waals surface area contributed by atoms with Crippen molar-refractivity contribution in [1.82, 2.24) is 9.78 Å². The number of halogens is 6. The molecule has 1 atom stereocenters. The molecule has 28 heavy (non-hydrogen) atoms. The van der Waals surface area contributed by atoms with Crippen molar-refractivity contribution in [3.63, 3.8) is 0 Å². The summed E-state index contributed by atoms with van der Waals surface area (Å²) in [6.45, 7) is 1.40. The first-order chi connectivity index (χ1) is 13.1. The van der Waals surface area contributed by atoms with Gasteiger partial charge in [0.25, 0.3) is 0 Å². The zero-order valence-electron chi connectivity index (χ0n) is 14.1. The molecule has 1 heterocycles. The Balaban J connectivity index is 2.33. The summed E-state index contributed by atoms with van der Waals surface area (Å²) in [4.78, 5) is 22.5. The van der Waals surface area contributed by atoms with E-state index in [2.05, 4.69) is 15.2 Å². The number of esters is 1. The minimum Gasteiger partial charge on any atom is -0.462 e. The first kappa shape index (κ1) is 22.3. The van der Waals surface area contributed by atoms with E-state index in [1.165, 1.54) is 31.2 Å². The molecule has 0 radical (unpaired) electrons. The second kappa shape index (κ2) is 9.02. The van der Waals surface area contributed by atoms with Crippen LogP contribution in [0, 0.1) is 0 Å². The van der Waals surface area contributed by atoms with E-state index in [0.29, 0.717) is 4.68 Å². The maximum absolute atomic E-state index is 13.5. The normalized spacial score (nSPS) is 12.7. The Morgan fingerprint density at radius 1 is 1.21 bits per heavy atom. The van der Waals surface area contributed by atoms with Crippen LogP contribution in [0.2, 0.25) is 0 Å². The monoisotopic (exact) mass is 457 g/mol. The highest BCUT2D eigenvalue weighted by molar-refractivity contribution is 6.52. The van der Waals surface area contributed by atoms with Crippen LogP contribution in [-0.4, -0.2) is 38.5 Å². The number of carbonyl (C=O) groups is 2. The van der Waals surface area contributed by atoms with E-state index in [-0.39, 0.29) is 18.0 Å². The van der Waals surface area contributed by atoms with Gasteiger partial charge in [-0.15, -0.1) is 34.8 Å². The summed E-state index contributed by atoms with van der Waals surface area (Å²) < 4.78 is 45.6. The Hall–Kier alpha value is -1.97. The summed E-state index contributed by atoms with van der Waals surface area (Å²) in [6, 6.07) is 5.21. The third-order valence-corrected chi connectivity index (χ3v) is 4.60. The molecule has 152 valence electrons. The molecule has 2 rings (SSSR count). The van der Waals surface area contributed by atoms with Crippen LogP contribution in [0.25, 0.3) is 5.69 Å². The third-order valence-electron chi connectivity index (χ3n) is 3.38. The number of carbonyl (C=O) groups excluding carboxylic acids is 2. The highest BCUT2D eigenvalue weighted by atomic mass is 35.5. The number of rotatable bonds is 6. The number of alkyl halides is 6. The molecule has 0 saturated carbocycles. The standard InChI is InChI=1S/C16H13Cl3F3N3O3/c1-2-28-15(27)10-7-23-25(12(10)16(20,21)22)9-5-3-8(4-6-9)24-14(26)11(17)13(18)19/h3-7,11,13H,2H2,1H3,(H,24,26). The molecule has 1 aromatic heterocycles. The predicted octanol–water partition coefficient (Wildman–Crippen LogP) is 4.42.